The lowest BCUT2D eigenvalue weighted by molar-refractivity contribution is 0.135. The molecule has 0 aliphatic carbocycles. The average Bonchev–Trinajstić information content (AvgIpc) is 2.28. The second-order valence-electron chi connectivity index (χ2n) is 4.84. The molecule has 1 fully saturated rings. The lowest BCUT2D eigenvalue weighted by Gasteiger charge is -2.33. The number of rotatable bonds is 6. The summed E-state index contributed by atoms with van der Waals surface area (Å²) in [7, 11) is 0. The fourth-order valence-electron chi connectivity index (χ4n) is 2.22. The highest BCUT2D eigenvalue weighted by molar-refractivity contribution is 4.74. The van der Waals surface area contributed by atoms with E-state index in [1.165, 1.54) is 32.5 Å². The maximum atomic E-state index is 9.00. The molecule has 0 spiro atoms. The molecule has 1 unspecified atom stereocenters. The summed E-state index contributed by atoms with van der Waals surface area (Å²) in [5.41, 5.74) is 0. The Morgan fingerprint density at radius 2 is 2.07 bits per heavy atom. The molecule has 0 saturated carbocycles. The van der Waals surface area contributed by atoms with Crippen molar-refractivity contribution in [1.82, 2.24) is 10.2 Å². The van der Waals surface area contributed by atoms with E-state index < -0.39 is 0 Å². The van der Waals surface area contributed by atoms with Gasteiger partial charge >= 0.3 is 0 Å². The summed E-state index contributed by atoms with van der Waals surface area (Å²) in [5, 5.41) is 12.4. The standard InChI is InChI=1S/C12H26N2O/c1-3-13-8-12-4-6-14(7-5-12)9-11(2)10-15/h11-13,15H,3-10H2,1-2H3. The number of nitrogens with zero attached hydrogens (tertiary/aromatic N) is 1. The van der Waals surface area contributed by atoms with Crippen molar-refractivity contribution in [3.8, 4) is 0 Å². The van der Waals surface area contributed by atoms with Crippen LogP contribution in [0.25, 0.3) is 0 Å². The number of hydrogen-bond acceptors (Lipinski definition) is 3. The van der Waals surface area contributed by atoms with Crippen molar-refractivity contribution in [2.75, 3.05) is 39.3 Å². The van der Waals surface area contributed by atoms with Crippen LogP contribution in [0.1, 0.15) is 26.7 Å². The molecule has 1 aliphatic heterocycles. The third-order valence-corrected chi connectivity index (χ3v) is 3.27. The van der Waals surface area contributed by atoms with Crippen LogP contribution in [0.4, 0.5) is 0 Å². The van der Waals surface area contributed by atoms with E-state index in [1.54, 1.807) is 0 Å². The molecule has 1 rings (SSSR count). The summed E-state index contributed by atoms with van der Waals surface area (Å²) in [4.78, 5) is 2.49. The molecule has 1 heterocycles. The van der Waals surface area contributed by atoms with Crippen LogP contribution in [0.3, 0.4) is 0 Å². The molecule has 1 atom stereocenters. The Labute approximate surface area is 93.9 Å². The SMILES string of the molecule is CCNCC1CCN(CC(C)CO)CC1. The molecule has 1 aliphatic rings. The number of hydrogen-bond donors (Lipinski definition) is 2. The molecular weight excluding hydrogens is 188 g/mol. The van der Waals surface area contributed by atoms with Gasteiger partial charge in [-0.3, -0.25) is 0 Å². The van der Waals surface area contributed by atoms with Crippen molar-refractivity contribution in [1.29, 1.82) is 0 Å². The number of likely N-dealkylation sites (tertiary alicyclic amines) is 1. The third-order valence-electron chi connectivity index (χ3n) is 3.27. The van der Waals surface area contributed by atoms with Crippen LogP contribution >= 0.6 is 0 Å². The Balaban J connectivity index is 2.12. The third kappa shape index (κ3) is 4.96. The van der Waals surface area contributed by atoms with Crippen LogP contribution in [0, 0.1) is 11.8 Å². The Hall–Kier alpha value is -0.120. The number of nitrogens with one attached hydrogen (secondary N) is 1. The minimum Gasteiger partial charge on any atom is -0.396 e. The van der Waals surface area contributed by atoms with Gasteiger partial charge in [0.2, 0.25) is 0 Å². The van der Waals surface area contributed by atoms with Crippen molar-refractivity contribution in [3.05, 3.63) is 0 Å². The normalized spacial score (nSPS) is 21.8. The Bertz CT molecular complexity index is 156. The van der Waals surface area contributed by atoms with Crippen LogP contribution in [0.2, 0.25) is 0 Å². The predicted molar refractivity (Wildman–Crippen MR) is 64.0 cm³/mol. The first-order valence-corrected chi connectivity index (χ1v) is 6.30. The van der Waals surface area contributed by atoms with Gasteiger partial charge < -0.3 is 15.3 Å². The largest absolute Gasteiger partial charge is 0.396 e. The van der Waals surface area contributed by atoms with E-state index in [1.807, 2.05) is 0 Å². The molecule has 0 radical (unpaired) electrons. The van der Waals surface area contributed by atoms with Gasteiger partial charge in [-0.15, -0.1) is 0 Å². The topological polar surface area (TPSA) is 35.5 Å². The highest BCUT2D eigenvalue weighted by Crippen LogP contribution is 2.17. The maximum Gasteiger partial charge on any atom is 0.0468 e. The molecule has 0 aromatic heterocycles. The molecule has 3 nitrogen and oxygen atoms in total. The lowest BCUT2D eigenvalue weighted by Crippen LogP contribution is -2.39. The van der Waals surface area contributed by atoms with E-state index in [9.17, 15) is 0 Å². The molecule has 15 heavy (non-hydrogen) atoms. The second-order valence-corrected chi connectivity index (χ2v) is 4.84. The number of piperidine rings is 1. The first kappa shape index (κ1) is 12.9. The molecular formula is C12H26N2O. The highest BCUT2D eigenvalue weighted by atomic mass is 16.3. The smallest absolute Gasteiger partial charge is 0.0468 e. The Morgan fingerprint density at radius 3 is 2.60 bits per heavy atom. The Morgan fingerprint density at radius 1 is 1.40 bits per heavy atom. The van der Waals surface area contributed by atoms with Gasteiger partial charge in [0.25, 0.3) is 0 Å². The van der Waals surface area contributed by atoms with Crippen LogP contribution in [-0.4, -0.2) is 49.3 Å². The number of aliphatic hydroxyl groups excluding tert-OH is 1. The van der Waals surface area contributed by atoms with Crippen LogP contribution in [0.15, 0.2) is 0 Å². The lowest BCUT2D eigenvalue weighted by atomic mass is 9.96. The summed E-state index contributed by atoms with van der Waals surface area (Å²) in [6, 6.07) is 0. The molecule has 90 valence electrons. The minimum absolute atomic E-state index is 0.317. The quantitative estimate of drug-likeness (QED) is 0.690. The van der Waals surface area contributed by atoms with Gasteiger partial charge in [0.05, 0.1) is 0 Å². The van der Waals surface area contributed by atoms with Crippen LogP contribution in [0.5, 0.6) is 0 Å². The summed E-state index contributed by atoms with van der Waals surface area (Å²) in [6.07, 6.45) is 2.62. The molecule has 1 saturated heterocycles. The van der Waals surface area contributed by atoms with Crippen LogP contribution < -0.4 is 5.32 Å². The van der Waals surface area contributed by atoms with Gasteiger partial charge in [0.1, 0.15) is 0 Å². The molecule has 2 N–H and O–H groups in total. The van der Waals surface area contributed by atoms with E-state index in [-0.39, 0.29) is 0 Å². The summed E-state index contributed by atoms with van der Waals surface area (Å²) >= 11 is 0. The second kappa shape index (κ2) is 7.20. The van der Waals surface area contributed by atoms with Gasteiger partial charge in [0, 0.05) is 13.2 Å². The predicted octanol–water partition coefficient (Wildman–Crippen LogP) is 0.936. The van der Waals surface area contributed by atoms with Gasteiger partial charge in [0.15, 0.2) is 0 Å². The van der Waals surface area contributed by atoms with Crippen molar-refractivity contribution in [3.63, 3.8) is 0 Å². The van der Waals surface area contributed by atoms with Gasteiger partial charge in [-0.1, -0.05) is 13.8 Å². The summed E-state index contributed by atoms with van der Waals surface area (Å²) in [6.45, 7) is 10.3. The average molecular weight is 214 g/mol. The van der Waals surface area contributed by atoms with Crippen molar-refractivity contribution < 1.29 is 5.11 Å². The van der Waals surface area contributed by atoms with E-state index in [2.05, 4.69) is 24.1 Å². The molecule has 3 heteroatoms. The van der Waals surface area contributed by atoms with Crippen molar-refractivity contribution >= 4 is 0 Å². The van der Waals surface area contributed by atoms with E-state index in [0.717, 1.165) is 19.0 Å². The molecule has 0 aromatic carbocycles. The first-order chi connectivity index (χ1) is 7.26. The van der Waals surface area contributed by atoms with Crippen LogP contribution in [-0.2, 0) is 0 Å². The summed E-state index contributed by atoms with van der Waals surface area (Å²) < 4.78 is 0. The van der Waals surface area contributed by atoms with Crippen molar-refractivity contribution in [2.24, 2.45) is 11.8 Å². The number of aliphatic hydroxyl groups is 1. The fourth-order valence-corrected chi connectivity index (χ4v) is 2.22. The summed E-state index contributed by atoms with van der Waals surface area (Å²) in [5.74, 6) is 1.29. The zero-order chi connectivity index (χ0) is 11.1. The zero-order valence-corrected chi connectivity index (χ0v) is 10.2. The van der Waals surface area contributed by atoms with E-state index in [4.69, 9.17) is 5.11 Å². The molecule has 0 amide bonds. The van der Waals surface area contributed by atoms with E-state index in [0.29, 0.717) is 12.5 Å². The van der Waals surface area contributed by atoms with E-state index >= 15 is 0 Å². The molecule has 0 bridgehead atoms. The van der Waals surface area contributed by atoms with Gasteiger partial charge in [-0.05, 0) is 50.9 Å². The van der Waals surface area contributed by atoms with Gasteiger partial charge in [-0.25, -0.2) is 0 Å². The van der Waals surface area contributed by atoms with Crippen molar-refractivity contribution in [2.45, 2.75) is 26.7 Å². The Kier molecular flexibility index (Phi) is 6.22. The zero-order valence-electron chi connectivity index (χ0n) is 10.2. The fraction of sp³-hybridized carbons (Fsp3) is 1.00. The minimum atomic E-state index is 0.317. The monoisotopic (exact) mass is 214 g/mol. The highest BCUT2D eigenvalue weighted by Gasteiger charge is 2.19. The maximum absolute atomic E-state index is 9.00. The molecule has 0 aromatic rings. The van der Waals surface area contributed by atoms with Gasteiger partial charge in [-0.2, -0.15) is 0 Å². The first-order valence-electron chi connectivity index (χ1n) is 6.30.